The minimum absolute atomic E-state index is 0.103. The Labute approximate surface area is 264 Å². The Kier molecular flexibility index (Phi) is 7.88. The molecular weight excluding hydrogens is 648 g/mol. The standard InChI is InChI=1S/C29H23ClN4O7S3/c1-14-2-7-17(8-3-14)34-27(36)23-22(24-26(33-29(38)43-24)42-25(23)28(34)37)19-12-15(30)4-11-20(19)41-13-21(35)32-16-5-9-18(10-6-16)44(31,39)40/h2-12,22-23,25H,13H2,1H3,(H,32,35)(H,33,38)(H2,31,39,40)/t22-,23?,25?/m1/s1. The van der Waals surface area contributed by atoms with Gasteiger partial charge in [-0.15, -0.1) is 0 Å². The van der Waals surface area contributed by atoms with Crippen molar-refractivity contribution in [3.05, 3.63) is 97.4 Å². The molecule has 2 aliphatic heterocycles. The van der Waals surface area contributed by atoms with Crippen molar-refractivity contribution < 1.29 is 27.5 Å². The van der Waals surface area contributed by atoms with Crippen LogP contribution in [0.2, 0.25) is 5.02 Å². The van der Waals surface area contributed by atoms with Crippen molar-refractivity contribution in [3.8, 4) is 5.75 Å². The summed E-state index contributed by atoms with van der Waals surface area (Å²) in [5.74, 6) is -2.76. The van der Waals surface area contributed by atoms with Crippen LogP contribution in [0.25, 0.3) is 0 Å². The van der Waals surface area contributed by atoms with Crippen molar-refractivity contribution in [2.24, 2.45) is 11.1 Å². The lowest BCUT2D eigenvalue weighted by molar-refractivity contribution is -0.122. The van der Waals surface area contributed by atoms with Crippen LogP contribution in [0.1, 0.15) is 21.9 Å². The largest absolute Gasteiger partial charge is 0.483 e. The molecule has 4 aromatic rings. The molecular formula is C29H23ClN4O7S3. The van der Waals surface area contributed by atoms with Gasteiger partial charge in [0, 0.05) is 27.1 Å². The van der Waals surface area contributed by atoms with Gasteiger partial charge in [0.2, 0.25) is 21.8 Å². The van der Waals surface area contributed by atoms with Crippen LogP contribution in [0.15, 0.2) is 81.4 Å². The number of aryl methyl sites for hydroxylation is 1. The van der Waals surface area contributed by atoms with Gasteiger partial charge < -0.3 is 15.0 Å². The lowest BCUT2D eigenvalue weighted by atomic mass is 9.82. The van der Waals surface area contributed by atoms with Gasteiger partial charge in [-0.2, -0.15) is 0 Å². The van der Waals surface area contributed by atoms with E-state index in [1.807, 2.05) is 19.1 Å². The van der Waals surface area contributed by atoms with Gasteiger partial charge in [0.05, 0.1) is 21.5 Å². The molecule has 0 bridgehead atoms. The maximum Gasteiger partial charge on any atom is 0.305 e. The van der Waals surface area contributed by atoms with Crippen LogP contribution in [0, 0.1) is 12.8 Å². The van der Waals surface area contributed by atoms with Crippen LogP contribution in [0.5, 0.6) is 5.75 Å². The maximum atomic E-state index is 14.0. The topological polar surface area (TPSA) is 169 Å². The van der Waals surface area contributed by atoms with Gasteiger partial charge in [0.25, 0.3) is 5.91 Å². The zero-order chi connectivity index (χ0) is 31.3. The fraction of sp³-hybridized carbons (Fsp3) is 0.172. The van der Waals surface area contributed by atoms with Crippen LogP contribution in [-0.2, 0) is 24.4 Å². The molecule has 6 rings (SSSR count). The number of aromatic nitrogens is 1. The molecule has 0 aliphatic carbocycles. The van der Waals surface area contributed by atoms with Crippen LogP contribution < -0.4 is 25.0 Å². The van der Waals surface area contributed by atoms with E-state index in [2.05, 4.69) is 10.3 Å². The molecule has 11 nitrogen and oxygen atoms in total. The van der Waals surface area contributed by atoms with Gasteiger partial charge in [0.1, 0.15) is 11.0 Å². The highest BCUT2D eigenvalue weighted by molar-refractivity contribution is 8.00. The Morgan fingerprint density at radius 1 is 1.05 bits per heavy atom. The van der Waals surface area contributed by atoms with Crippen molar-refractivity contribution in [1.82, 2.24) is 4.98 Å². The molecule has 3 aromatic carbocycles. The summed E-state index contributed by atoms with van der Waals surface area (Å²) in [5, 5.41) is 7.75. The van der Waals surface area contributed by atoms with Gasteiger partial charge in [-0.1, -0.05) is 52.4 Å². The summed E-state index contributed by atoms with van der Waals surface area (Å²) in [6, 6.07) is 17.1. The van der Waals surface area contributed by atoms with Gasteiger partial charge >= 0.3 is 4.87 Å². The number of nitrogens with two attached hydrogens (primary N) is 1. The molecule has 1 saturated heterocycles. The van der Waals surface area contributed by atoms with Gasteiger partial charge in [-0.25, -0.2) is 18.5 Å². The lowest BCUT2D eigenvalue weighted by Crippen LogP contribution is -2.32. The third kappa shape index (κ3) is 5.66. The Hall–Kier alpha value is -3.95. The summed E-state index contributed by atoms with van der Waals surface area (Å²) in [4.78, 5) is 57.0. The second kappa shape index (κ2) is 11.5. The number of nitrogens with one attached hydrogen (secondary N) is 2. The Bertz CT molecular complexity index is 1970. The molecule has 0 radical (unpaired) electrons. The first-order valence-electron chi connectivity index (χ1n) is 13.1. The zero-order valence-electron chi connectivity index (χ0n) is 22.8. The number of benzene rings is 3. The molecule has 0 spiro atoms. The van der Waals surface area contributed by atoms with Crippen molar-refractivity contribution >= 4 is 73.8 Å². The number of anilines is 2. The summed E-state index contributed by atoms with van der Waals surface area (Å²) in [6.45, 7) is 1.46. The molecule has 226 valence electrons. The van der Waals surface area contributed by atoms with Gasteiger partial charge in [-0.3, -0.25) is 19.2 Å². The first-order chi connectivity index (χ1) is 20.9. The average molecular weight is 671 g/mol. The number of ether oxygens (including phenoxy) is 1. The second-order valence-corrected chi connectivity index (χ2v) is 14.4. The number of thiazole rings is 1. The summed E-state index contributed by atoms with van der Waals surface area (Å²) >= 11 is 8.51. The predicted octanol–water partition coefficient (Wildman–Crippen LogP) is 3.86. The molecule has 3 atom stereocenters. The molecule has 2 unspecified atom stereocenters. The van der Waals surface area contributed by atoms with E-state index < -0.39 is 51.4 Å². The minimum Gasteiger partial charge on any atom is -0.483 e. The van der Waals surface area contributed by atoms with Gasteiger partial charge in [0.15, 0.2) is 6.61 Å². The number of carbonyl (C=O) groups is 3. The van der Waals surface area contributed by atoms with E-state index in [-0.39, 0.29) is 15.5 Å². The Balaban J connectivity index is 1.32. The molecule has 2 aliphatic rings. The Morgan fingerprint density at radius 3 is 2.43 bits per heavy atom. The number of aromatic amines is 1. The molecule has 0 saturated carbocycles. The number of sulfonamides is 1. The highest BCUT2D eigenvalue weighted by Crippen LogP contribution is 2.54. The first-order valence-corrected chi connectivity index (χ1v) is 16.7. The fourth-order valence-electron chi connectivity index (χ4n) is 5.26. The number of H-pyrrole nitrogens is 1. The predicted molar refractivity (Wildman–Crippen MR) is 167 cm³/mol. The number of hydrogen-bond acceptors (Lipinski definition) is 9. The van der Waals surface area contributed by atoms with Crippen LogP contribution in [0.4, 0.5) is 11.4 Å². The quantitative estimate of drug-likeness (QED) is 0.249. The van der Waals surface area contributed by atoms with Crippen LogP contribution >= 0.6 is 34.7 Å². The molecule has 1 aromatic heterocycles. The summed E-state index contributed by atoms with van der Waals surface area (Å²) in [5.41, 5.74) is 2.19. The number of imide groups is 1. The third-order valence-electron chi connectivity index (χ3n) is 7.25. The number of halogens is 1. The summed E-state index contributed by atoms with van der Waals surface area (Å²) in [7, 11) is -3.89. The lowest BCUT2D eigenvalue weighted by Gasteiger charge is -2.31. The number of hydrogen-bond donors (Lipinski definition) is 3. The number of fused-ring (bicyclic) bond motifs is 2. The maximum absolute atomic E-state index is 14.0. The summed E-state index contributed by atoms with van der Waals surface area (Å²) in [6.07, 6.45) is 0. The van der Waals surface area contributed by atoms with E-state index in [1.54, 1.807) is 30.3 Å². The van der Waals surface area contributed by atoms with E-state index in [0.29, 0.717) is 31.9 Å². The highest BCUT2D eigenvalue weighted by atomic mass is 35.5. The number of amides is 3. The minimum atomic E-state index is -3.89. The van der Waals surface area contributed by atoms with Crippen molar-refractivity contribution in [2.75, 3.05) is 16.8 Å². The molecule has 4 N–H and O–H groups in total. The molecule has 3 amide bonds. The third-order valence-corrected chi connectivity index (χ3v) is 10.8. The normalized spacial score (nSPS) is 19.4. The SMILES string of the molecule is Cc1ccc(N2C(=O)C3Sc4[nH]c(=O)sc4[C@H](c4cc(Cl)ccc4OCC(=O)Nc4ccc(S(N)(=O)=O)cc4)C3C2=O)cc1. The molecule has 44 heavy (non-hydrogen) atoms. The van der Waals surface area contributed by atoms with Gasteiger partial charge in [-0.05, 0) is 61.5 Å². The van der Waals surface area contributed by atoms with Crippen LogP contribution in [0.3, 0.4) is 0 Å². The number of carbonyl (C=O) groups excluding carboxylic acids is 3. The van der Waals surface area contributed by atoms with Crippen molar-refractivity contribution in [3.63, 3.8) is 0 Å². The number of primary sulfonamides is 1. The smallest absolute Gasteiger partial charge is 0.305 e. The number of rotatable bonds is 7. The van der Waals surface area contributed by atoms with E-state index in [0.717, 1.165) is 28.7 Å². The zero-order valence-corrected chi connectivity index (χ0v) is 26.0. The summed E-state index contributed by atoms with van der Waals surface area (Å²) < 4.78 is 28.9. The van der Waals surface area contributed by atoms with Crippen molar-refractivity contribution in [1.29, 1.82) is 0 Å². The average Bonchev–Trinajstić information content (AvgIpc) is 3.46. The van der Waals surface area contributed by atoms with Crippen LogP contribution in [-0.4, -0.2) is 43.0 Å². The first kappa shape index (κ1) is 30.1. The van der Waals surface area contributed by atoms with E-state index in [9.17, 15) is 27.6 Å². The van der Waals surface area contributed by atoms with E-state index in [1.165, 1.54) is 29.2 Å². The Morgan fingerprint density at radius 2 is 1.75 bits per heavy atom. The molecule has 15 heteroatoms. The van der Waals surface area contributed by atoms with Crippen molar-refractivity contribution in [2.45, 2.75) is 28.0 Å². The number of nitrogens with zero attached hydrogens (tertiary/aromatic N) is 1. The highest BCUT2D eigenvalue weighted by Gasteiger charge is 2.56. The van der Waals surface area contributed by atoms with E-state index in [4.69, 9.17) is 21.5 Å². The monoisotopic (exact) mass is 670 g/mol. The second-order valence-electron chi connectivity index (χ2n) is 10.2. The fourth-order valence-corrected chi connectivity index (χ4v) is 8.46. The number of thioether (sulfide) groups is 1. The molecule has 1 fully saturated rings. The van der Waals surface area contributed by atoms with E-state index >= 15 is 0 Å². The molecule has 3 heterocycles.